The molecule has 0 amide bonds. The van der Waals surface area contributed by atoms with Gasteiger partial charge in [0.15, 0.2) is 0 Å². The van der Waals surface area contributed by atoms with Crippen LogP contribution in [0.25, 0.3) is 0 Å². The van der Waals surface area contributed by atoms with E-state index in [1.807, 2.05) is 0 Å². The number of hydrogen-bond donors (Lipinski definition) is 0. The third-order valence-electron chi connectivity index (χ3n) is 4.90. The summed E-state index contributed by atoms with van der Waals surface area (Å²) < 4.78 is 12.8. The summed E-state index contributed by atoms with van der Waals surface area (Å²) in [5.74, 6) is 0. The maximum atomic E-state index is 6.89. The molecule has 1 aliphatic heterocycles. The first-order chi connectivity index (χ1) is 12.0. The molecular formula is C22H28O2Si. The van der Waals surface area contributed by atoms with E-state index < -0.39 is 8.32 Å². The first-order valence-electron chi connectivity index (χ1n) is 9.05. The molecule has 0 bridgehead atoms. The van der Waals surface area contributed by atoms with Gasteiger partial charge < -0.3 is 9.16 Å². The second kappa shape index (κ2) is 7.69. The van der Waals surface area contributed by atoms with E-state index in [1.165, 1.54) is 10.4 Å². The van der Waals surface area contributed by atoms with Crippen LogP contribution in [0.2, 0.25) is 5.04 Å². The smallest absolute Gasteiger partial charge is 0.261 e. The molecule has 0 unspecified atom stereocenters. The Kier molecular flexibility index (Phi) is 5.57. The Hall–Kier alpha value is -1.68. The average Bonchev–Trinajstić information content (AvgIpc) is 2.64. The molecule has 2 nitrogen and oxygen atoms in total. The zero-order valence-corrected chi connectivity index (χ0v) is 16.4. The standard InChI is InChI=1S/C22H28O2Si/c1-22(2,3)25(20-13-6-4-7-14-20,21-15-8-5-9-16-21)24-18-19-12-10-11-17-23-19/h4-11,13-16,19H,12,17-18H2,1-3H3/t19-/m0/s1. The van der Waals surface area contributed by atoms with Gasteiger partial charge in [0.05, 0.1) is 19.3 Å². The van der Waals surface area contributed by atoms with Gasteiger partial charge in [0.2, 0.25) is 0 Å². The van der Waals surface area contributed by atoms with Gasteiger partial charge in [0, 0.05) is 0 Å². The highest BCUT2D eigenvalue weighted by atomic mass is 28.4. The fourth-order valence-electron chi connectivity index (χ4n) is 3.67. The number of benzene rings is 2. The van der Waals surface area contributed by atoms with E-state index in [-0.39, 0.29) is 11.1 Å². The van der Waals surface area contributed by atoms with Crippen LogP contribution in [0.15, 0.2) is 72.8 Å². The second-order valence-corrected chi connectivity index (χ2v) is 11.9. The van der Waals surface area contributed by atoms with Gasteiger partial charge in [-0.2, -0.15) is 0 Å². The number of rotatable bonds is 5. The van der Waals surface area contributed by atoms with Crippen LogP contribution in [0, 0.1) is 0 Å². The van der Waals surface area contributed by atoms with E-state index in [0.29, 0.717) is 13.2 Å². The summed E-state index contributed by atoms with van der Waals surface area (Å²) in [7, 11) is -2.44. The predicted molar refractivity (Wildman–Crippen MR) is 107 cm³/mol. The van der Waals surface area contributed by atoms with Crippen molar-refractivity contribution in [1.82, 2.24) is 0 Å². The summed E-state index contributed by atoms with van der Waals surface area (Å²) >= 11 is 0. The molecule has 0 saturated carbocycles. The average molecular weight is 353 g/mol. The van der Waals surface area contributed by atoms with Gasteiger partial charge in [-0.3, -0.25) is 0 Å². The van der Waals surface area contributed by atoms with Gasteiger partial charge >= 0.3 is 0 Å². The van der Waals surface area contributed by atoms with Crippen LogP contribution in [0.3, 0.4) is 0 Å². The molecule has 0 N–H and O–H groups in total. The SMILES string of the molecule is CC(C)(C)[Si](OC[C@@H]1CC=CCO1)(c1ccccc1)c1ccccc1. The molecule has 0 radical (unpaired) electrons. The Morgan fingerprint density at radius 2 is 1.48 bits per heavy atom. The molecule has 0 aliphatic carbocycles. The lowest BCUT2D eigenvalue weighted by Crippen LogP contribution is -2.67. The molecule has 3 rings (SSSR count). The highest BCUT2D eigenvalue weighted by Gasteiger charge is 2.50. The summed E-state index contributed by atoms with van der Waals surface area (Å²) in [5, 5.41) is 2.65. The fourth-order valence-corrected chi connectivity index (χ4v) is 8.26. The van der Waals surface area contributed by atoms with Crippen molar-refractivity contribution in [3.8, 4) is 0 Å². The largest absolute Gasteiger partial charge is 0.405 e. The van der Waals surface area contributed by atoms with E-state index in [1.54, 1.807) is 0 Å². The molecule has 2 aromatic carbocycles. The molecular weight excluding hydrogens is 324 g/mol. The van der Waals surface area contributed by atoms with E-state index in [0.717, 1.165) is 6.42 Å². The minimum Gasteiger partial charge on any atom is -0.405 e. The first kappa shape index (κ1) is 18.1. The van der Waals surface area contributed by atoms with E-state index in [9.17, 15) is 0 Å². The van der Waals surface area contributed by atoms with Gasteiger partial charge in [-0.1, -0.05) is 93.6 Å². The molecule has 0 fully saturated rings. The molecule has 1 aliphatic rings. The lowest BCUT2D eigenvalue weighted by molar-refractivity contribution is 0.0288. The summed E-state index contributed by atoms with van der Waals surface area (Å²) in [6, 6.07) is 21.5. The van der Waals surface area contributed by atoms with E-state index in [4.69, 9.17) is 9.16 Å². The lowest BCUT2D eigenvalue weighted by Gasteiger charge is -2.43. The topological polar surface area (TPSA) is 18.5 Å². The minimum atomic E-state index is -2.44. The number of hydrogen-bond acceptors (Lipinski definition) is 2. The van der Waals surface area contributed by atoms with Gasteiger partial charge in [-0.05, 0) is 21.8 Å². The minimum absolute atomic E-state index is 0.0141. The van der Waals surface area contributed by atoms with Crippen molar-refractivity contribution < 1.29 is 9.16 Å². The van der Waals surface area contributed by atoms with Gasteiger partial charge in [-0.25, -0.2) is 0 Å². The van der Waals surface area contributed by atoms with Crippen LogP contribution < -0.4 is 10.4 Å². The van der Waals surface area contributed by atoms with E-state index in [2.05, 4.69) is 93.6 Å². The maximum Gasteiger partial charge on any atom is 0.261 e. The summed E-state index contributed by atoms with van der Waals surface area (Å²) in [4.78, 5) is 0. The normalized spacial score (nSPS) is 18.3. The van der Waals surface area contributed by atoms with Crippen molar-refractivity contribution in [2.24, 2.45) is 0 Å². The van der Waals surface area contributed by atoms with Crippen molar-refractivity contribution in [3.63, 3.8) is 0 Å². The third kappa shape index (κ3) is 3.79. The van der Waals surface area contributed by atoms with Crippen LogP contribution >= 0.6 is 0 Å². The highest BCUT2D eigenvalue weighted by Crippen LogP contribution is 2.37. The van der Waals surface area contributed by atoms with Crippen LogP contribution in [0.1, 0.15) is 27.2 Å². The molecule has 1 heterocycles. The van der Waals surface area contributed by atoms with E-state index >= 15 is 0 Å². The summed E-state index contributed by atoms with van der Waals surface area (Å²) in [6.45, 7) is 8.24. The molecule has 132 valence electrons. The molecule has 0 aromatic heterocycles. The van der Waals surface area contributed by atoms with Crippen LogP contribution in [0.4, 0.5) is 0 Å². The van der Waals surface area contributed by atoms with Gasteiger partial charge in [-0.15, -0.1) is 0 Å². The van der Waals surface area contributed by atoms with Crippen molar-refractivity contribution >= 4 is 18.7 Å². The van der Waals surface area contributed by atoms with Crippen LogP contribution in [0.5, 0.6) is 0 Å². The third-order valence-corrected chi connectivity index (χ3v) is 9.90. The highest BCUT2D eigenvalue weighted by molar-refractivity contribution is 6.99. The molecule has 25 heavy (non-hydrogen) atoms. The zero-order valence-electron chi connectivity index (χ0n) is 15.4. The zero-order chi connectivity index (χ0) is 17.8. The quantitative estimate of drug-likeness (QED) is 0.600. The molecule has 1 atom stereocenters. The Labute approximate surface area is 152 Å². The first-order valence-corrected chi connectivity index (χ1v) is 11.0. The molecule has 0 saturated heterocycles. The predicted octanol–water partition coefficient (Wildman–Crippen LogP) is 3.91. The monoisotopic (exact) mass is 352 g/mol. The fraction of sp³-hybridized carbons (Fsp3) is 0.364. The lowest BCUT2D eigenvalue weighted by atomic mass is 10.2. The Balaban J connectivity index is 2.03. The van der Waals surface area contributed by atoms with Gasteiger partial charge in [0.1, 0.15) is 0 Å². The Bertz CT molecular complexity index is 649. The maximum absolute atomic E-state index is 6.89. The molecule has 3 heteroatoms. The Morgan fingerprint density at radius 3 is 1.92 bits per heavy atom. The Morgan fingerprint density at radius 1 is 0.920 bits per heavy atom. The molecule has 2 aromatic rings. The van der Waals surface area contributed by atoms with Crippen molar-refractivity contribution in [2.45, 2.75) is 38.3 Å². The van der Waals surface area contributed by atoms with Crippen molar-refractivity contribution in [1.29, 1.82) is 0 Å². The van der Waals surface area contributed by atoms with Crippen molar-refractivity contribution in [3.05, 3.63) is 72.8 Å². The van der Waals surface area contributed by atoms with Crippen LogP contribution in [-0.2, 0) is 9.16 Å². The van der Waals surface area contributed by atoms with Crippen LogP contribution in [-0.4, -0.2) is 27.6 Å². The van der Waals surface area contributed by atoms with Gasteiger partial charge in [0.25, 0.3) is 8.32 Å². The summed E-state index contributed by atoms with van der Waals surface area (Å²) in [6.07, 6.45) is 5.35. The van der Waals surface area contributed by atoms with Crippen molar-refractivity contribution in [2.75, 3.05) is 13.2 Å². The summed E-state index contributed by atoms with van der Waals surface area (Å²) in [5.41, 5.74) is 0. The second-order valence-electron chi connectivity index (χ2n) is 7.64. The molecule has 0 spiro atoms. The number of ether oxygens (including phenoxy) is 1.